The van der Waals surface area contributed by atoms with Gasteiger partial charge in [0.15, 0.2) is 0 Å². The molecule has 0 spiro atoms. The Hall–Kier alpha value is -1.35. The molecule has 3 nitrogen and oxygen atoms in total. The van der Waals surface area contributed by atoms with E-state index in [0.717, 1.165) is 32.4 Å². The van der Waals surface area contributed by atoms with Gasteiger partial charge in [0.1, 0.15) is 0 Å². The van der Waals surface area contributed by atoms with Crippen LogP contribution in [0.4, 0.5) is 0 Å². The molecule has 3 heteroatoms. The molecule has 0 aromatic heterocycles. The number of carbonyl (C=O) groups is 1. The number of nitrogens with zero attached hydrogens (tertiary/aromatic N) is 1. The molecule has 1 unspecified atom stereocenters. The fraction of sp³-hybridized carbons (Fsp3) is 0.611. The summed E-state index contributed by atoms with van der Waals surface area (Å²) in [4.78, 5) is 14.7. The first-order chi connectivity index (χ1) is 10.1. The zero-order valence-electron chi connectivity index (χ0n) is 13.3. The molecule has 1 atom stereocenters. The number of hydrogen-bond donors (Lipinski definition) is 1. The molecule has 1 aromatic carbocycles. The van der Waals surface area contributed by atoms with E-state index in [1.165, 1.54) is 12.0 Å². The number of amides is 1. The van der Waals surface area contributed by atoms with Crippen molar-refractivity contribution in [3.05, 3.63) is 35.9 Å². The summed E-state index contributed by atoms with van der Waals surface area (Å²) >= 11 is 0. The van der Waals surface area contributed by atoms with Crippen LogP contribution in [0.3, 0.4) is 0 Å². The van der Waals surface area contributed by atoms with Gasteiger partial charge in [-0.15, -0.1) is 0 Å². The van der Waals surface area contributed by atoms with Crippen molar-refractivity contribution in [2.75, 3.05) is 19.6 Å². The molecule has 1 fully saturated rings. The highest BCUT2D eigenvalue weighted by atomic mass is 16.2. The van der Waals surface area contributed by atoms with Gasteiger partial charge >= 0.3 is 0 Å². The van der Waals surface area contributed by atoms with Crippen molar-refractivity contribution in [3.63, 3.8) is 0 Å². The lowest BCUT2D eigenvalue weighted by atomic mass is 9.78. The van der Waals surface area contributed by atoms with Crippen LogP contribution in [0.25, 0.3) is 0 Å². The van der Waals surface area contributed by atoms with Gasteiger partial charge < -0.3 is 10.6 Å². The molecule has 1 amide bonds. The lowest BCUT2D eigenvalue weighted by Gasteiger charge is -2.40. The average Bonchev–Trinajstić information content (AvgIpc) is 2.54. The second-order valence-corrected chi connectivity index (χ2v) is 6.61. The van der Waals surface area contributed by atoms with Crippen molar-refractivity contribution in [1.29, 1.82) is 0 Å². The van der Waals surface area contributed by atoms with Crippen LogP contribution in [0.15, 0.2) is 30.3 Å². The largest absolute Gasteiger partial charge is 0.342 e. The number of piperidine rings is 1. The molecule has 1 aliphatic rings. The van der Waals surface area contributed by atoms with E-state index in [0.29, 0.717) is 12.0 Å². The first kappa shape index (κ1) is 16.0. The molecule has 21 heavy (non-hydrogen) atoms. The highest BCUT2D eigenvalue weighted by Crippen LogP contribution is 2.34. The predicted molar refractivity (Wildman–Crippen MR) is 86.9 cm³/mol. The van der Waals surface area contributed by atoms with E-state index in [2.05, 4.69) is 26.0 Å². The Kier molecular flexibility index (Phi) is 5.40. The number of hydrogen-bond acceptors (Lipinski definition) is 2. The highest BCUT2D eigenvalue weighted by Gasteiger charge is 2.32. The van der Waals surface area contributed by atoms with Crippen LogP contribution in [0, 0.1) is 11.3 Å². The molecular weight excluding hydrogens is 260 g/mol. The SMILES string of the molecule is CCC1(C)CCN(C(=O)C(CN)Cc2ccccc2)CC1. The topological polar surface area (TPSA) is 46.3 Å². The van der Waals surface area contributed by atoms with Gasteiger partial charge in [-0.2, -0.15) is 0 Å². The lowest BCUT2D eigenvalue weighted by Crippen LogP contribution is -2.46. The summed E-state index contributed by atoms with van der Waals surface area (Å²) in [6.07, 6.45) is 4.16. The number of rotatable bonds is 5. The maximum atomic E-state index is 12.7. The lowest BCUT2D eigenvalue weighted by molar-refractivity contribution is -0.137. The summed E-state index contributed by atoms with van der Waals surface area (Å²) in [6.45, 7) is 6.77. The number of nitrogens with two attached hydrogens (primary N) is 1. The van der Waals surface area contributed by atoms with Gasteiger partial charge in [-0.3, -0.25) is 4.79 Å². The van der Waals surface area contributed by atoms with Gasteiger partial charge in [-0.25, -0.2) is 0 Å². The zero-order chi connectivity index (χ0) is 15.3. The Balaban J connectivity index is 1.95. The maximum absolute atomic E-state index is 12.7. The van der Waals surface area contributed by atoms with Crippen LogP contribution < -0.4 is 5.73 Å². The van der Waals surface area contributed by atoms with Crippen LogP contribution in [0.1, 0.15) is 38.7 Å². The average molecular weight is 288 g/mol. The first-order valence-corrected chi connectivity index (χ1v) is 8.11. The van der Waals surface area contributed by atoms with Gasteiger partial charge in [0, 0.05) is 19.6 Å². The Labute approximate surface area is 128 Å². The summed E-state index contributed by atoms with van der Waals surface area (Å²) in [5, 5.41) is 0. The summed E-state index contributed by atoms with van der Waals surface area (Å²) in [5.74, 6) is 0.151. The van der Waals surface area contributed by atoms with Crippen LogP contribution in [0.5, 0.6) is 0 Å². The standard InChI is InChI=1S/C18H28N2O/c1-3-18(2)9-11-20(12-10-18)17(21)16(14-19)13-15-7-5-4-6-8-15/h4-8,16H,3,9-14,19H2,1-2H3. The first-order valence-electron chi connectivity index (χ1n) is 8.11. The number of carbonyl (C=O) groups excluding carboxylic acids is 1. The normalized spacial score (nSPS) is 19.3. The van der Waals surface area contributed by atoms with Crippen LogP contribution in [0.2, 0.25) is 0 Å². The molecule has 1 saturated heterocycles. The molecule has 2 rings (SSSR count). The van der Waals surface area contributed by atoms with E-state index in [1.807, 2.05) is 23.1 Å². The van der Waals surface area contributed by atoms with Gasteiger partial charge in [-0.05, 0) is 30.2 Å². The predicted octanol–water partition coefficient (Wildman–Crippen LogP) is 2.84. The van der Waals surface area contributed by atoms with E-state index >= 15 is 0 Å². The minimum Gasteiger partial charge on any atom is -0.342 e. The van der Waals surface area contributed by atoms with E-state index in [1.54, 1.807) is 0 Å². The molecule has 0 radical (unpaired) electrons. The van der Waals surface area contributed by atoms with Crippen LogP contribution in [-0.4, -0.2) is 30.4 Å². The summed E-state index contributed by atoms with van der Waals surface area (Å²) in [7, 11) is 0. The van der Waals surface area contributed by atoms with E-state index in [9.17, 15) is 4.79 Å². The summed E-state index contributed by atoms with van der Waals surface area (Å²) in [5.41, 5.74) is 7.46. The van der Waals surface area contributed by atoms with Crippen LogP contribution >= 0.6 is 0 Å². The molecular formula is C18H28N2O. The Morgan fingerprint density at radius 1 is 1.29 bits per heavy atom. The molecule has 0 bridgehead atoms. The second-order valence-electron chi connectivity index (χ2n) is 6.61. The molecule has 1 heterocycles. The Bertz CT molecular complexity index is 450. The third kappa shape index (κ3) is 4.07. The van der Waals surface area contributed by atoms with Gasteiger partial charge in [0.05, 0.1) is 5.92 Å². The Morgan fingerprint density at radius 3 is 2.43 bits per heavy atom. The highest BCUT2D eigenvalue weighted by molar-refractivity contribution is 5.79. The van der Waals surface area contributed by atoms with E-state index in [4.69, 9.17) is 5.73 Å². The molecule has 116 valence electrons. The third-order valence-corrected chi connectivity index (χ3v) is 5.09. The monoisotopic (exact) mass is 288 g/mol. The fourth-order valence-electron chi connectivity index (χ4n) is 3.05. The summed E-state index contributed by atoms with van der Waals surface area (Å²) < 4.78 is 0. The van der Waals surface area contributed by atoms with Crippen molar-refractivity contribution >= 4 is 5.91 Å². The fourth-order valence-corrected chi connectivity index (χ4v) is 3.05. The van der Waals surface area contributed by atoms with Gasteiger partial charge in [0.2, 0.25) is 5.91 Å². The summed E-state index contributed by atoms with van der Waals surface area (Å²) in [6, 6.07) is 10.2. The quantitative estimate of drug-likeness (QED) is 0.905. The van der Waals surface area contributed by atoms with Crippen LogP contribution in [-0.2, 0) is 11.2 Å². The smallest absolute Gasteiger partial charge is 0.227 e. The second kappa shape index (κ2) is 7.08. The van der Waals surface area contributed by atoms with Crippen molar-refractivity contribution in [1.82, 2.24) is 4.90 Å². The van der Waals surface area contributed by atoms with Crippen molar-refractivity contribution in [3.8, 4) is 0 Å². The zero-order valence-corrected chi connectivity index (χ0v) is 13.3. The minimum absolute atomic E-state index is 0.0848. The van der Waals surface area contributed by atoms with Crippen molar-refractivity contribution in [2.45, 2.75) is 39.5 Å². The van der Waals surface area contributed by atoms with Crippen molar-refractivity contribution < 1.29 is 4.79 Å². The van der Waals surface area contributed by atoms with E-state index < -0.39 is 0 Å². The molecule has 1 aromatic rings. The molecule has 0 aliphatic carbocycles. The maximum Gasteiger partial charge on any atom is 0.227 e. The van der Waals surface area contributed by atoms with Gasteiger partial charge in [-0.1, -0.05) is 50.6 Å². The van der Waals surface area contributed by atoms with E-state index in [-0.39, 0.29) is 11.8 Å². The van der Waals surface area contributed by atoms with Crippen molar-refractivity contribution in [2.24, 2.45) is 17.1 Å². The third-order valence-electron chi connectivity index (χ3n) is 5.09. The number of benzene rings is 1. The number of likely N-dealkylation sites (tertiary alicyclic amines) is 1. The molecule has 1 aliphatic heterocycles. The van der Waals surface area contributed by atoms with Gasteiger partial charge in [0.25, 0.3) is 0 Å². The molecule has 2 N–H and O–H groups in total. The minimum atomic E-state index is -0.0848. The molecule has 0 saturated carbocycles. The Morgan fingerprint density at radius 2 is 1.90 bits per heavy atom.